The summed E-state index contributed by atoms with van der Waals surface area (Å²) in [7, 11) is 0. The number of nitrogens with zero attached hydrogens (tertiary/aromatic N) is 4. The Labute approximate surface area is 148 Å². The van der Waals surface area contributed by atoms with Crippen LogP contribution in [0.5, 0.6) is 0 Å². The number of allylic oxidation sites excluding steroid dienone is 1. The lowest BCUT2D eigenvalue weighted by Gasteiger charge is -2.12. The van der Waals surface area contributed by atoms with Crippen LogP contribution in [0, 0.1) is 5.92 Å². The zero-order valence-corrected chi connectivity index (χ0v) is 14.3. The highest BCUT2D eigenvalue weighted by molar-refractivity contribution is 6.30. The van der Waals surface area contributed by atoms with Gasteiger partial charge in [-0.1, -0.05) is 17.7 Å². The summed E-state index contributed by atoms with van der Waals surface area (Å²) in [6.45, 7) is 4.62. The molecule has 0 atom stereocenters. The van der Waals surface area contributed by atoms with Crippen molar-refractivity contribution in [2.75, 3.05) is 0 Å². The molecule has 3 aromatic rings. The van der Waals surface area contributed by atoms with E-state index in [1.54, 1.807) is 41.2 Å². The molecular weight excluding hydrogens is 340 g/mol. The summed E-state index contributed by atoms with van der Waals surface area (Å²) in [4.78, 5) is 30.3. The first-order chi connectivity index (χ1) is 12.1. The van der Waals surface area contributed by atoms with Crippen LogP contribution in [0.4, 0.5) is 0 Å². The Hall–Kier alpha value is -2.60. The van der Waals surface area contributed by atoms with Crippen LogP contribution in [0.15, 0.2) is 52.8 Å². The molecule has 0 spiro atoms. The SMILES string of the molecule is C=CCn1cnc2c1c(=O)n(CC1CC1)c(=O)n2-c1ccc(Cl)cc1. The fourth-order valence-corrected chi connectivity index (χ4v) is 3.13. The molecule has 1 aromatic carbocycles. The Morgan fingerprint density at radius 1 is 1.24 bits per heavy atom. The number of benzene rings is 1. The van der Waals surface area contributed by atoms with E-state index in [2.05, 4.69) is 11.6 Å². The van der Waals surface area contributed by atoms with Crippen molar-refractivity contribution in [2.45, 2.75) is 25.9 Å². The first-order valence-corrected chi connectivity index (χ1v) is 8.55. The van der Waals surface area contributed by atoms with E-state index in [-0.39, 0.29) is 11.2 Å². The smallest absolute Gasteiger partial charge is 0.321 e. The molecular formula is C18H17ClN4O2. The highest BCUT2D eigenvalue weighted by Crippen LogP contribution is 2.29. The number of halogens is 1. The van der Waals surface area contributed by atoms with Crippen LogP contribution in [0.2, 0.25) is 5.02 Å². The topological polar surface area (TPSA) is 61.8 Å². The monoisotopic (exact) mass is 356 g/mol. The highest BCUT2D eigenvalue weighted by Gasteiger charge is 2.26. The summed E-state index contributed by atoms with van der Waals surface area (Å²) in [5.74, 6) is 0.400. The Balaban J connectivity index is 2.05. The molecule has 25 heavy (non-hydrogen) atoms. The molecule has 2 heterocycles. The van der Waals surface area contributed by atoms with Crippen LogP contribution in [0.25, 0.3) is 16.9 Å². The summed E-state index contributed by atoms with van der Waals surface area (Å²) in [6, 6.07) is 6.93. The molecule has 7 heteroatoms. The van der Waals surface area contributed by atoms with Gasteiger partial charge in [0.2, 0.25) is 0 Å². The number of fused-ring (bicyclic) bond motifs is 1. The molecule has 4 rings (SSSR count). The van der Waals surface area contributed by atoms with Gasteiger partial charge in [-0.3, -0.25) is 9.36 Å². The quantitative estimate of drug-likeness (QED) is 0.660. The van der Waals surface area contributed by atoms with E-state index in [4.69, 9.17) is 11.6 Å². The summed E-state index contributed by atoms with van der Waals surface area (Å²) in [5.41, 5.74) is 0.737. The summed E-state index contributed by atoms with van der Waals surface area (Å²) in [6.07, 6.45) is 5.37. The van der Waals surface area contributed by atoms with Gasteiger partial charge in [-0.25, -0.2) is 14.3 Å². The standard InChI is InChI=1S/C18H17ClN4O2/c1-2-9-21-11-20-16-15(21)17(24)22(10-12-3-4-12)18(25)23(16)14-7-5-13(19)6-8-14/h2,5-8,11-12H,1,3-4,9-10H2. The largest absolute Gasteiger partial charge is 0.337 e. The minimum Gasteiger partial charge on any atom is -0.321 e. The van der Waals surface area contributed by atoms with Crippen LogP contribution in [0.3, 0.4) is 0 Å². The molecule has 2 aromatic heterocycles. The molecule has 0 radical (unpaired) electrons. The predicted molar refractivity (Wildman–Crippen MR) is 97.5 cm³/mol. The van der Waals surface area contributed by atoms with Crippen LogP contribution in [0.1, 0.15) is 12.8 Å². The van der Waals surface area contributed by atoms with Crippen molar-refractivity contribution in [3.05, 3.63) is 69.1 Å². The number of imidazole rings is 1. The Kier molecular flexibility index (Phi) is 3.84. The third-order valence-electron chi connectivity index (χ3n) is 4.45. The van der Waals surface area contributed by atoms with Gasteiger partial charge in [0.1, 0.15) is 0 Å². The van der Waals surface area contributed by atoms with Gasteiger partial charge in [0, 0.05) is 18.1 Å². The number of hydrogen-bond acceptors (Lipinski definition) is 3. The molecule has 0 saturated heterocycles. The van der Waals surface area contributed by atoms with Gasteiger partial charge in [-0.15, -0.1) is 6.58 Å². The average Bonchev–Trinajstić information content (AvgIpc) is 3.33. The van der Waals surface area contributed by atoms with Gasteiger partial charge in [-0.05, 0) is 43.0 Å². The van der Waals surface area contributed by atoms with Gasteiger partial charge in [0.15, 0.2) is 11.2 Å². The van der Waals surface area contributed by atoms with E-state index in [1.807, 2.05) is 0 Å². The summed E-state index contributed by atoms with van der Waals surface area (Å²) in [5, 5.41) is 0.580. The number of hydrogen-bond donors (Lipinski definition) is 0. The Morgan fingerprint density at radius 2 is 1.96 bits per heavy atom. The second-order valence-corrected chi connectivity index (χ2v) is 6.75. The third kappa shape index (κ3) is 2.72. The summed E-state index contributed by atoms with van der Waals surface area (Å²) < 4.78 is 4.53. The van der Waals surface area contributed by atoms with E-state index in [0.717, 1.165) is 12.8 Å². The average molecular weight is 357 g/mol. The van der Waals surface area contributed by atoms with Crippen molar-refractivity contribution in [1.29, 1.82) is 0 Å². The molecule has 1 saturated carbocycles. The maximum Gasteiger partial charge on any atom is 0.337 e. The third-order valence-corrected chi connectivity index (χ3v) is 4.70. The molecule has 1 aliphatic carbocycles. The summed E-state index contributed by atoms with van der Waals surface area (Å²) >= 11 is 5.96. The number of aromatic nitrogens is 4. The maximum atomic E-state index is 13.0. The number of rotatable bonds is 5. The van der Waals surface area contributed by atoms with E-state index in [0.29, 0.717) is 40.9 Å². The predicted octanol–water partition coefficient (Wildman–Crippen LogP) is 2.60. The zero-order chi connectivity index (χ0) is 17.6. The zero-order valence-electron chi connectivity index (χ0n) is 13.6. The highest BCUT2D eigenvalue weighted by atomic mass is 35.5. The van der Waals surface area contributed by atoms with Crippen LogP contribution in [-0.4, -0.2) is 18.7 Å². The normalized spacial score (nSPS) is 14.1. The second-order valence-electron chi connectivity index (χ2n) is 6.31. The molecule has 1 aliphatic rings. The maximum absolute atomic E-state index is 13.0. The van der Waals surface area contributed by atoms with Gasteiger partial charge < -0.3 is 4.57 Å². The van der Waals surface area contributed by atoms with Crippen molar-refractivity contribution in [1.82, 2.24) is 18.7 Å². The Bertz CT molecular complexity index is 1070. The van der Waals surface area contributed by atoms with Gasteiger partial charge in [-0.2, -0.15) is 0 Å². The van der Waals surface area contributed by atoms with Crippen molar-refractivity contribution >= 4 is 22.8 Å². The molecule has 1 fully saturated rings. The van der Waals surface area contributed by atoms with Crippen molar-refractivity contribution < 1.29 is 0 Å². The lowest BCUT2D eigenvalue weighted by Crippen LogP contribution is -2.40. The molecule has 6 nitrogen and oxygen atoms in total. The first-order valence-electron chi connectivity index (χ1n) is 8.17. The Morgan fingerprint density at radius 3 is 2.60 bits per heavy atom. The molecule has 0 amide bonds. The van der Waals surface area contributed by atoms with Crippen LogP contribution < -0.4 is 11.2 Å². The van der Waals surface area contributed by atoms with Gasteiger partial charge >= 0.3 is 5.69 Å². The second kappa shape index (κ2) is 6.04. The fraction of sp³-hybridized carbons (Fsp3) is 0.278. The van der Waals surface area contributed by atoms with E-state index in [9.17, 15) is 9.59 Å². The minimum absolute atomic E-state index is 0.295. The first kappa shape index (κ1) is 15.9. The van der Waals surface area contributed by atoms with Crippen molar-refractivity contribution in [2.24, 2.45) is 5.92 Å². The van der Waals surface area contributed by atoms with Crippen LogP contribution >= 0.6 is 11.6 Å². The van der Waals surface area contributed by atoms with E-state index >= 15 is 0 Å². The van der Waals surface area contributed by atoms with Gasteiger partial charge in [0.05, 0.1) is 12.0 Å². The lowest BCUT2D eigenvalue weighted by molar-refractivity contribution is 0.567. The molecule has 0 aliphatic heterocycles. The van der Waals surface area contributed by atoms with E-state index < -0.39 is 0 Å². The molecule has 128 valence electrons. The van der Waals surface area contributed by atoms with Crippen molar-refractivity contribution in [3.63, 3.8) is 0 Å². The molecule has 0 unspecified atom stereocenters. The van der Waals surface area contributed by atoms with E-state index in [1.165, 1.54) is 9.13 Å². The molecule has 0 bridgehead atoms. The lowest BCUT2D eigenvalue weighted by atomic mass is 10.3. The van der Waals surface area contributed by atoms with Crippen LogP contribution in [-0.2, 0) is 13.1 Å². The van der Waals surface area contributed by atoms with Gasteiger partial charge in [0.25, 0.3) is 5.56 Å². The molecule has 0 N–H and O–H groups in total. The minimum atomic E-state index is -0.365. The fourth-order valence-electron chi connectivity index (χ4n) is 3.00. The van der Waals surface area contributed by atoms with Crippen molar-refractivity contribution in [3.8, 4) is 5.69 Å².